The molecule has 0 aromatic carbocycles. The maximum Gasteiger partial charge on any atom is 0.248 e. The molecule has 1 N–H and O–H groups in total. The minimum atomic E-state index is -0.845. The number of piperazine rings is 1. The van der Waals surface area contributed by atoms with Crippen LogP contribution in [0.15, 0.2) is 22.9 Å². The second-order valence-corrected chi connectivity index (χ2v) is 7.26. The number of aromatic nitrogens is 1. The van der Waals surface area contributed by atoms with Crippen LogP contribution in [0.2, 0.25) is 0 Å². The van der Waals surface area contributed by atoms with E-state index in [1.54, 1.807) is 31.1 Å². The Morgan fingerprint density at radius 1 is 1.38 bits per heavy atom. The lowest BCUT2D eigenvalue weighted by Gasteiger charge is -2.43. The summed E-state index contributed by atoms with van der Waals surface area (Å²) < 4.78 is 0.871. The second-order valence-electron chi connectivity index (χ2n) is 6.34. The van der Waals surface area contributed by atoms with Gasteiger partial charge < -0.3 is 10.2 Å². The van der Waals surface area contributed by atoms with Crippen LogP contribution in [0.1, 0.15) is 32.3 Å². The average molecular weight is 352 g/mol. The molecule has 0 bridgehead atoms. The number of nitrogens with one attached hydrogen (secondary N) is 1. The Labute approximate surface area is 132 Å². The van der Waals surface area contributed by atoms with E-state index in [1.807, 2.05) is 6.07 Å². The lowest BCUT2D eigenvalue weighted by Crippen LogP contribution is -2.68. The number of amides is 2. The molecular weight excluding hydrogens is 334 g/mol. The van der Waals surface area contributed by atoms with Gasteiger partial charge in [0, 0.05) is 23.4 Å². The Morgan fingerprint density at radius 3 is 2.71 bits per heavy atom. The average Bonchev–Trinajstić information content (AvgIpc) is 3.19. The number of pyridine rings is 1. The molecule has 2 fully saturated rings. The fourth-order valence-electron chi connectivity index (χ4n) is 2.85. The van der Waals surface area contributed by atoms with Crippen LogP contribution < -0.4 is 5.32 Å². The number of halogens is 1. The van der Waals surface area contributed by atoms with E-state index in [4.69, 9.17) is 0 Å². The van der Waals surface area contributed by atoms with Crippen molar-refractivity contribution in [3.63, 3.8) is 0 Å². The molecular formula is C15H18BrN3O2. The van der Waals surface area contributed by atoms with E-state index in [-0.39, 0.29) is 17.9 Å². The first kappa shape index (κ1) is 14.5. The molecule has 1 aromatic heterocycles. The van der Waals surface area contributed by atoms with Gasteiger partial charge in [-0.1, -0.05) is 0 Å². The number of hydrogen-bond donors (Lipinski definition) is 1. The summed E-state index contributed by atoms with van der Waals surface area (Å²) in [6, 6.07) is 1.59. The predicted octanol–water partition coefficient (Wildman–Crippen LogP) is 1.86. The van der Waals surface area contributed by atoms with Gasteiger partial charge in [-0.15, -0.1) is 0 Å². The molecule has 2 amide bonds. The van der Waals surface area contributed by atoms with Crippen molar-refractivity contribution in [2.45, 2.75) is 44.8 Å². The van der Waals surface area contributed by atoms with E-state index in [0.29, 0.717) is 12.5 Å². The number of rotatable bonds is 3. The van der Waals surface area contributed by atoms with Crippen molar-refractivity contribution in [1.29, 1.82) is 0 Å². The van der Waals surface area contributed by atoms with Crippen molar-refractivity contribution in [2.75, 3.05) is 0 Å². The van der Waals surface area contributed by atoms with Gasteiger partial charge in [0.2, 0.25) is 11.8 Å². The Balaban J connectivity index is 1.90. The molecule has 112 valence electrons. The third-order valence-corrected chi connectivity index (χ3v) is 4.45. The minimum absolute atomic E-state index is 0.0287. The zero-order valence-electron chi connectivity index (χ0n) is 12.1. The Kier molecular flexibility index (Phi) is 3.51. The highest BCUT2D eigenvalue weighted by Gasteiger charge is 2.50. The third-order valence-electron chi connectivity index (χ3n) is 4.02. The first-order valence-electron chi connectivity index (χ1n) is 7.11. The zero-order chi connectivity index (χ0) is 15.2. The summed E-state index contributed by atoms with van der Waals surface area (Å²) >= 11 is 3.39. The molecule has 3 rings (SSSR count). The van der Waals surface area contributed by atoms with E-state index in [2.05, 4.69) is 26.2 Å². The molecule has 1 saturated carbocycles. The van der Waals surface area contributed by atoms with Crippen LogP contribution in [0.5, 0.6) is 0 Å². The summed E-state index contributed by atoms with van der Waals surface area (Å²) in [7, 11) is 0. The van der Waals surface area contributed by atoms with Gasteiger partial charge in [-0.2, -0.15) is 0 Å². The maximum atomic E-state index is 12.7. The van der Waals surface area contributed by atoms with Crippen LogP contribution in [-0.4, -0.2) is 33.3 Å². The lowest BCUT2D eigenvalue weighted by molar-refractivity contribution is -0.155. The Morgan fingerprint density at radius 2 is 2.10 bits per heavy atom. The third kappa shape index (κ3) is 2.81. The molecule has 1 aliphatic carbocycles. The van der Waals surface area contributed by atoms with Gasteiger partial charge in [0.1, 0.15) is 11.6 Å². The van der Waals surface area contributed by atoms with Gasteiger partial charge in [0.05, 0.1) is 0 Å². The van der Waals surface area contributed by atoms with Crippen LogP contribution in [0, 0.1) is 5.92 Å². The quantitative estimate of drug-likeness (QED) is 0.903. The highest BCUT2D eigenvalue weighted by molar-refractivity contribution is 9.10. The highest BCUT2D eigenvalue weighted by Crippen LogP contribution is 2.38. The minimum Gasteiger partial charge on any atom is -0.340 e. The molecule has 5 nitrogen and oxygen atoms in total. The Hall–Kier alpha value is -1.43. The maximum absolute atomic E-state index is 12.7. The van der Waals surface area contributed by atoms with Gasteiger partial charge in [0.25, 0.3) is 0 Å². The molecule has 0 spiro atoms. The van der Waals surface area contributed by atoms with Crippen molar-refractivity contribution in [1.82, 2.24) is 15.2 Å². The van der Waals surface area contributed by atoms with Crippen molar-refractivity contribution in [3.05, 3.63) is 28.5 Å². The number of carbonyl (C=O) groups excluding carboxylic acids is 2. The number of carbonyl (C=O) groups is 2. The van der Waals surface area contributed by atoms with Crippen molar-refractivity contribution in [3.8, 4) is 0 Å². The fourth-order valence-corrected chi connectivity index (χ4v) is 3.26. The second kappa shape index (κ2) is 5.09. The SMILES string of the molecule is CC1(C)NC(=O)C(C2CC2)N(Cc2cncc(Br)c2)C1=O. The van der Waals surface area contributed by atoms with Gasteiger partial charge in [0.15, 0.2) is 0 Å². The number of nitrogens with zero attached hydrogens (tertiary/aromatic N) is 2. The van der Waals surface area contributed by atoms with Crippen molar-refractivity contribution < 1.29 is 9.59 Å². The van der Waals surface area contributed by atoms with E-state index < -0.39 is 5.54 Å². The zero-order valence-corrected chi connectivity index (χ0v) is 13.7. The van der Waals surface area contributed by atoms with Crippen LogP contribution in [0.25, 0.3) is 0 Å². The summed E-state index contributed by atoms with van der Waals surface area (Å²) in [5, 5.41) is 2.85. The van der Waals surface area contributed by atoms with Crippen molar-refractivity contribution in [2.24, 2.45) is 5.92 Å². The van der Waals surface area contributed by atoms with E-state index >= 15 is 0 Å². The smallest absolute Gasteiger partial charge is 0.248 e. The largest absolute Gasteiger partial charge is 0.340 e. The Bertz CT molecular complexity index is 598. The molecule has 2 aliphatic rings. The fraction of sp³-hybridized carbons (Fsp3) is 0.533. The normalized spacial score (nSPS) is 24.9. The van der Waals surface area contributed by atoms with Gasteiger partial charge in [-0.25, -0.2) is 0 Å². The molecule has 2 heterocycles. The van der Waals surface area contributed by atoms with Gasteiger partial charge in [-0.05, 0) is 60.2 Å². The molecule has 1 aliphatic heterocycles. The topological polar surface area (TPSA) is 62.3 Å². The molecule has 6 heteroatoms. The standard InChI is InChI=1S/C15H18BrN3O2/c1-15(2)14(21)19(8-9-5-11(16)7-17-6-9)12(10-3-4-10)13(20)18-15/h5-7,10,12H,3-4,8H2,1-2H3,(H,18,20). The van der Waals surface area contributed by atoms with E-state index in [9.17, 15) is 9.59 Å². The van der Waals surface area contributed by atoms with E-state index in [0.717, 1.165) is 22.9 Å². The molecule has 1 atom stereocenters. The van der Waals surface area contributed by atoms with Crippen LogP contribution in [0.4, 0.5) is 0 Å². The summed E-state index contributed by atoms with van der Waals surface area (Å²) in [6.07, 6.45) is 5.47. The summed E-state index contributed by atoms with van der Waals surface area (Å²) in [5.74, 6) is 0.231. The molecule has 1 unspecified atom stereocenters. The van der Waals surface area contributed by atoms with E-state index in [1.165, 1.54) is 0 Å². The van der Waals surface area contributed by atoms with Crippen molar-refractivity contribution >= 4 is 27.7 Å². The molecule has 21 heavy (non-hydrogen) atoms. The number of hydrogen-bond acceptors (Lipinski definition) is 3. The highest BCUT2D eigenvalue weighted by atomic mass is 79.9. The van der Waals surface area contributed by atoms with Crippen LogP contribution in [0.3, 0.4) is 0 Å². The predicted molar refractivity (Wildman–Crippen MR) is 81.2 cm³/mol. The van der Waals surface area contributed by atoms with Crippen LogP contribution >= 0.6 is 15.9 Å². The first-order chi connectivity index (χ1) is 9.88. The summed E-state index contributed by atoms with van der Waals surface area (Å²) in [4.78, 5) is 30.9. The molecule has 1 saturated heterocycles. The van der Waals surface area contributed by atoms with Gasteiger partial charge in [-0.3, -0.25) is 14.6 Å². The summed E-state index contributed by atoms with van der Waals surface area (Å²) in [6.45, 7) is 3.92. The lowest BCUT2D eigenvalue weighted by atomic mass is 9.94. The molecule has 0 radical (unpaired) electrons. The summed E-state index contributed by atoms with van der Waals surface area (Å²) in [5.41, 5.74) is 0.0796. The monoisotopic (exact) mass is 351 g/mol. The van der Waals surface area contributed by atoms with Crippen LogP contribution in [-0.2, 0) is 16.1 Å². The first-order valence-corrected chi connectivity index (χ1v) is 7.90. The van der Waals surface area contributed by atoms with Gasteiger partial charge >= 0.3 is 0 Å². The molecule has 1 aromatic rings.